The van der Waals surface area contributed by atoms with E-state index in [9.17, 15) is 4.79 Å². The van der Waals surface area contributed by atoms with Crippen LogP contribution in [0.1, 0.15) is 29.8 Å². The molecule has 0 aliphatic heterocycles. The lowest BCUT2D eigenvalue weighted by molar-refractivity contribution is 0.0740. The largest absolute Gasteiger partial charge is 0.341 e. The number of hydrogen-bond acceptors (Lipinski definition) is 3. The summed E-state index contributed by atoms with van der Waals surface area (Å²) in [6.07, 6.45) is 3.40. The quantitative estimate of drug-likeness (QED) is 0.849. The first kappa shape index (κ1) is 23.4. The van der Waals surface area contributed by atoms with Crippen LogP contribution in [0.5, 0.6) is 0 Å². The van der Waals surface area contributed by atoms with Crippen molar-refractivity contribution in [2.24, 2.45) is 11.1 Å². The molecule has 1 heterocycles. The molecule has 1 aromatic heterocycles. The van der Waals surface area contributed by atoms with Crippen LogP contribution in [0.25, 0.3) is 11.1 Å². The van der Waals surface area contributed by atoms with Gasteiger partial charge in [0.1, 0.15) is 0 Å². The van der Waals surface area contributed by atoms with Crippen molar-refractivity contribution in [3.63, 3.8) is 0 Å². The smallest absolute Gasteiger partial charge is 0.255 e. The molecule has 0 bridgehead atoms. The van der Waals surface area contributed by atoms with Gasteiger partial charge < -0.3 is 10.6 Å². The van der Waals surface area contributed by atoms with Crippen molar-refractivity contribution in [1.29, 1.82) is 0 Å². The molecular formula is C19H27Cl2N3O. The zero-order valence-corrected chi connectivity index (χ0v) is 16.8. The lowest BCUT2D eigenvalue weighted by Gasteiger charge is -2.29. The summed E-state index contributed by atoms with van der Waals surface area (Å²) in [5.41, 5.74) is 9.46. The SMILES string of the molecule is Cc1ccc(-c2cncc(C(=O)N(C)CC(C)(C)CN)c2)cc1.Cl.Cl. The van der Waals surface area contributed by atoms with Crippen molar-refractivity contribution in [3.8, 4) is 11.1 Å². The first-order valence-electron chi connectivity index (χ1n) is 7.80. The zero-order chi connectivity index (χ0) is 17.0. The van der Waals surface area contributed by atoms with Crippen LogP contribution in [-0.2, 0) is 0 Å². The van der Waals surface area contributed by atoms with Crippen molar-refractivity contribution in [2.45, 2.75) is 20.8 Å². The van der Waals surface area contributed by atoms with Crippen molar-refractivity contribution in [2.75, 3.05) is 20.1 Å². The maximum atomic E-state index is 12.6. The Morgan fingerprint density at radius 2 is 1.72 bits per heavy atom. The number of rotatable bonds is 5. The van der Waals surface area contributed by atoms with Crippen LogP contribution >= 0.6 is 24.8 Å². The molecule has 6 heteroatoms. The number of aryl methyl sites for hydroxylation is 1. The third-order valence-electron chi connectivity index (χ3n) is 3.93. The average molecular weight is 384 g/mol. The number of benzene rings is 1. The Morgan fingerprint density at radius 3 is 2.28 bits per heavy atom. The van der Waals surface area contributed by atoms with Crippen molar-refractivity contribution in [1.82, 2.24) is 9.88 Å². The minimum atomic E-state index is -0.105. The van der Waals surface area contributed by atoms with Crippen LogP contribution in [0.4, 0.5) is 0 Å². The van der Waals surface area contributed by atoms with Crippen LogP contribution in [0.2, 0.25) is 0 Å². The molecule has 4 nitrogen and oxygen atoms in total. The molecule has 0 atom stereocenters. The first-order chi connectivity index (χ1) is 10.8. The topological polar surface area (TPSA) is 59.2 Å². The standard InChI is InChI=1S/C19H25N3O.2ClH/c1-14-5-7-15(8-6-14)16-9-17(11-21-10-16)18(23)22(4)13-19(2,3)12-20;;/h5-11H,12-13,20H2,1-4H3;2*1H. The van der Waals surface area contributed by atoms with Crippen LogP contribution < -0.4 is 5.73 Å². The van der Waals surface area contributed by atoms with Crippen LogP contribution in [0, 0.1) is 12.3 Å². The second kappa shape index (κ2) is 9.76. The summed E-state index contributed by atoms with van der Waals surface area (Å²) in [4.78, 5) is 18.6. The van der Waals surface area contributed by atoms with E-state index in [1.807, 2.05) is 18.2 Å². The molecule has 25 heavy (non-hydrogen) atoms. The summed E-state index contributed by atoms with van der Waals surface area (Å²) >= 11 is 0. The highest BCUT2D eigenvalue weighted by Crippen LogP contribution is 2.21. The Hall–Kier alpha value is -1.62. The number of nitrogens with two attached hydrogens (primary N) is 1. The van der Waals surface area contributed by atoms with Gasteiger partial charge in [0, 0.05) is 31.5 Å². The third-order valence-corrected chi connectivity index (χ3v) is 3.93. The molecule has 0 fully saturated rings. The van der Waals surface area contributed by atoms with E-state index in [1.165, 1.54) is 5.56 Å². The number of halogens is 2. The molecule has 1 amide bonds. The molecule has 0 radical (unpaired) electrons. The van der Waals surface area contributed by atoms with Gasteiger partial charge in [0.25, 0.3) is 5.91 Å². The molecule has 0 aliphatic rings. The fraction of sp³-hybridized carbons (Fsp3) is 0.368. The lowest BCUT2D eigenvalue weighted by Crippen LogP contribution is -2.39. The Kier molecular flexibility index (Phi) is 9.12. The van der Waals surface area contributed by atoms with E-state index in [1.54, 1.807) is 24.3 Å². The van der Waals surface area contributed by atoms with Gasteiger partial charge in [-0.15, -0.1) is 24.8 Å². The minimum Gasteiger partial charge on any atom is -0.341 e. The molecule has 2 N–H and O–H groups in total. The fourth-order valence-electron chi connectivity index (χ4n) is 2.46. The predicted molar refractivity (Wildman–Crippen MR) is 109 cm³/mol. The number of hydrogen-bond donors (Lipinski definition) is 1. The Morgan fingerprint density at radius 1 is 1.12 bits per heavy atom. The van der Waals surface area contributed by atoms with Crippen LogP contribution in [-0.4, -0.2) is 35.9 Å². The molecule has 0 saturated carbocycles. The van der Waals surface area contributed by atoms with E-state index >= 15 is 0 Å². The van der Waals surface area contributed by atoms with Gasteiger partial charge in [0.2, 0.25) is 0 Å². The van der Waals surface area contributed by atoms with E-state index in [2.05, 4.69) is 37.9 Å². The summed E-state index contributed by atoms with van der Waals surface area (Å²) in [5, 5.41) is 0. The average Bonchev–Trinajstić information content (AvgIpc) is 2.54. The maximum absolute atomic E-state index is 12.6. The lowest BCUT2D eigenvalue weighted by atomic mass is 9.93. The Labute approximate surface area is 162 Å². The van der Waals surface area contributed by atoms with Gasteiger partial charge in [0.05, 0.1) is 5.56 Å². The molecule has 0 aliphatic carbocycles. The maximum Gasteiger partial charge on any atom is 0.255 e. The van der Waals surface area contributed by atoms with Crippen molar-refractivity contribution in [3.05, 3.63) is 53.9 Å². The highest BCUT2D eigenvalue weighted by Gasteiger charge is 2.22. The summed E-state index contributed by atoms with van der Waals surface area (Å²) in [7, 11) is 1.80. The molecule has 1 aromatic carbocycles. The number of nitrogens with zero attached hydrogens (tertiary/aromatic N) is 2. The molecular weight excluding hydrogens is 357 g/mol. The second-order valence-corrected chi connectivity index (χ2v) is 6.86. The normalized spacial score (nSPS) is 10.4. The first-order valence-corrected chi connectivity index (χ1v) is 7.80. The summed E-state index contributed by atoms with van der Waals surface area (Å²) in [6.45, 7) is 7.30. The van der Waals surface area contributed by atoms with Gasteiger partial charge in [-0.3, -0.25) is 9.78 Å². The predicted octanol–water partition coefficient (Wildman–Crippen LogP) is 3.96. The molecule has 138 valence electrons. The minimum absolute atomic E-state index is 0. The number of amides is 1. The van der Waals surface area contributed by atoms with Crippen molar-refractivity contribution >= 4 is 30.7 Å². The third kappa shape index (κ3) is 6.31. The molecule has 0 unspecified atom stereocenters. The van der Waals surface area contributed by atoms with Gasteiger partial charge in [-0.2, -0.15) is 0 Å². The van der Waals surface area contributed by atoms with Gasteiger partial charge in [-0.25, -0.2) is 0 Å². The van der Waals surface area contributed by atoms with Gasteiger partial charge in [-0.05, 0) is 30.5 Å². The van der Waals surface area contributed by atoms with E-state index in [4.69, 9.17) is 5.73 Å². The Balaban J connectivity index is 0.00000288. The number of carbonyl (C=O) groups is 1. The van der Waals surface area contributed by atoms with Crippen LogP contribution in [0.15, 0.2) is 42.7 Å². The fourth-order valence-corrected chi connectivity index (χ4v) is 2.46. The monoisotopic (exact) mass is 383 g/mol. The van der Waals surface area contributed by atoms with E-state index in [-0.39, 0.29) is 36.1 Å². The van der Waals surface area contributed by atoms with Gasteiger partial charge in [-0.1, -0.05) is 43.7 Å². The summed E-state index contributed by atoms with van der Waals surface area (Å²) < 4.78 is 0. The number of carbonyl (C=O) groups excluding carboxylic acids is 1. The highest BCUT2D eigenvalue weighted by molar-refractivity contribution is 5.95. The zero-order valence-electron chi connectivity index (χ0n) is 15.2. The van der Waals surface area contributed by atoms with Crippen molar-refractivity contribution < 1.29 is 4.79 Å². The molecule has 0 spiro atoms. The number of pyridine rings is 1. The summed E-state index contributed by atoms with van der Waals surface area (Å²) in [5.74, 6) is -0.0343. The molecule has 0 saturated heterocycles. The molecule has 2 aromatic rings. The van der Waals surface area contributed by atoms with E-state index in [0.29, 0.717) is 18.7 Å². The summed E-state index contributed by atoms with van der Waals surface area (Å²) in [6, 6.07) is 10.1. The van der Waals surface area contributed by atoms with E-state index < -0.39 is 0 Å². The number of aromatic nitrogens is 1. The molecule has 2 rings (SSSR count). The van der Waals surface area contributed by atoms with Gasteiger partial charge in [0.15, 0.2) is 0 Å². The second-order valence-electron chi connectivity index (χ2n) is 6.86. The van der Waals surface area contributed by atoms with Crippen LogP contribution in [0.3, 0.4) is 0 Å². The van der Waals surface area contributed by atoms with E-state index in [0.717, 1.165) is 11.1 Å². The Bertz CT molecular complexity index is 687. The highest BCUT2D eigenvalue weighted by atomic mass is 35.5. The van der Waals surface area contributed by atoms with Gasteiger partial charge >= 0.3 is 0 Å².